The van der Waals surface area contributed by atoms with Crippen molar-refractivity contribution >= 4 is 0 Å². The predicted octanol–water partition coefficient (Wildman–Crippen LogP) is -0.492. The zero-order chi connectivity index (χ0) is 7.44. The van der Waals surface area contributed by atoms with Crippen LogP contribution in [0.2, 0.25) is 0 Å². The lowest BCUT2D eigenvalue weighted by Gasteiger charge is -2.22. The molecule has 0 radical (unpaired) electrons. The summed E-state index contributed by atoms with van der Waals surface area (Å²) in [6.45, 7) is 4.02. The minimum atomic E-state index is -0.755. The number of hydrogen-bond acceptors (Lipinski definition) is 3. The normalized spacial score (nSPS) is 18.0. The van der Waals surface area contributed by atoms with Gasteiger partial charge in [-0.2, -0.15) is 0 Å². The molecule has 0 heterocycles. The number of aliphatic hydroxyl groups is 1. The number of nitrogens with one attached hydrogen (secondary N) is 1. The number of hydrogen-bond donors (Lipinski definition) is 3. The van der Waals surface area contributed by atoms with E-state index in [-0.39, 0.29) is 6.04 Å². The fourth-order valence-corrected chi connectivity index (χ4v) is 0.898. The lowest BCUT2D eigenvalue weighted by Crippen LogP contribution is -2.46. The van der Waals surface area contributed by atoms with Gasteiger partial charge in [0.25, 0.3) is 0 Å². The van der Waals surface area contributed by atoms with E-state index >= 15 is 0 Å². The smallest absolute Gasteiger partial charge is 0.118 e. The van der Waals surface area contributed by atoms with Gasteiger partial charge in [-0.05, 0) is 13.0 Å². The maximum atomic E-state index is 8.90. The molecule has 2 atom stereocenters. The highest BCUT2D eigenvalue weighted by atomic mass is 16.3. The molecule has 0 amide bonds. The van der Waals surface area contributed by atoms with Gasteiger partial charge in [-0.1, -0.05) is 13.8 Å². The molecule has 0 aromatic heterocycles. The summed E-state index contributed by atoms with van der Waals surface area (Å²) in [4.78, 5) is 0. The van der Waals surface area contributed by atoms with E-state index in [0.717, 1.165) is 0 Å². The average Bonchev–Trinajstić information content (AvgIpc) is 1.64. The molecular weight excluding hydrogens is 116 g/mol. The summed E-state index contributed by atoms with van der Waals surface area (Å²) in [5, 5.41) is 11.8. The maximum Gasteiger partial charge on any atom is 0.118 e. The molecule has 0 aromatic rings. The molecule has 0 rings (SSSR count). The number of rotatable bonds is 3. The Labute approximate surface area is 56.2 Å². The summed E-state index contributed by atoms with van der Waals surface area (Å²) < 4.78 is 0. The molecule has 0 spiro atoms. The van der Waals surface area contributed by atoms with Gasteiger partial charge >= 0.3 is 0 Å². The quantitative estimate of drug-likeness (QED) is 0.454. The Morgan fingerprint density at radius 2 is 1.89 bits per heavy atom. The Morgan fingerprint density at radius 3 is 1.89 bits per heavy atom. The molecule has 0 aliphatic carbocycles. The Kier molecular flexibility index (Phi) is 3.77. The van der Waals surface area contributed by atoms with E-state index in [1.54, 1.807) is 7.05 Å². The topological polar surface area (TPSA) is 58.3 Å². The van der Waals surface area contributed by atoms with E-state index in [9.17, 15) is 0 Å². The monoisotopic (exact) mass is 132 g/mol. The molecule has 0 fully saturated rings. The van der Waals surface area contributed by atoms with Gasteiger partial charge < -0.3 is 16.2 Å². The van der Waals surface area contributed by atoms with E-state index in [1.807, 2.05) is 13.8 Å². The second-order valence-electron chi connectivity index (χ2n) is 2.55. The highest BCUT2D eigenvalue weighted by Gasteiger charge is 2.15. The molecule has 56 valence electrons. The second-order valence-corrected chi connectivity index (χ2v) is 2.55. The van der Waals surface area contributed by atoms with Crippen LogP contribution < -0.4 is 11.1 Å². The van der Waals surface area contributed by atoms with Gasteiger partial charge in [0.2, 0.25) is 0 Å². The maximum absolute atomic E-state index is 8.90. The van der Waals surface area contributed by atoms with Crippen molar-refractivity contribution in [2.45, 2.75) is 26.1 Å². The summed E-state index contributed by atoms with van der Waals surface area (Å²) in [6, 6.07) is 0.00463. The van der Waals surface area contributed by atoms with Gasteiger partial charge in [0.05, 0.1) is 0 Å². The first-order chi connectivity index (χ1) is 4.09. The average molecular weight is 132 g/mol. The van der Waals surface area contributed by atoms with Crippen LogP contribution in [0.5, 0.6) is 0 Å². The SMILES string of the molecule is CN[C@@H](C(C)C)C(N)O. The standard InChI is InChI=1S/C6H16N2O/c1-4(2)5(8-3)6(7)9/h4-6,8-9H,7H2,1-3H3/t5-,6?/m0/s1. The van der Waals surface area contributed by atoms with E-state index in [4.69, 9.17) is 10.8 Å². The van der Waals surface area contributed by atoms with Crippen molar-refractivity contribution in [3.63, 3.8) is 0 Å². The Bertz CT molecular complexity index is 65.5. The van der Waals surface area contributed by atoms with E-state index in [1.165, 1.54) is 0 Å². The van der Waals surface area contributed by atoms with Gasteiger partial charge in [-0.25, -0.2) is 0 Å². The van der Waals surface area contributed by atoms with Crippen molar-refractivity contribution < 1.29 is 5.11 Å². The van der Waals surface area contributed by atoms with Crippen molar-refractivity contribution in [1.82, 2.24) is 5.32 Å². The Morgan fingerprint density at radius 1 is 1.44 bits per heavy atom. The lowest BCUT2D eigenvalue weighted by molar-refractivity contribution is 0.115. The molecule has 0 aromatic carbocycles. The van der Waals surface area contributed by atoms with Crippen LogP contribution in [0.25, 0.3) is 0 Å². The van der Waals surface area contributed by atoms with E-state index < -0.39 is 6.23 Å². The minimum Gasteiger partial charge on any atom is -0.377 e. The summed E-state index contributed by atoms with van der Waals surface area (Å²) in [5.74, 6) is 0.370. The first kappa shape index (κ1) is 8.88. The van der Waals surface area contributed by atoms with Crippen LogP contribution >= 0.6 is 0 Å². The van der Waals surface area contributed by atoms with Crippen LogP contribution in [0.4, 0.5) is 0 Å². The Balaban J connectivity index is 3.68. The summed E-state index contributed by atoms with van der Waals surface area (Å²) in [6.07, 6.45) is -0.755. The highest BCUT2D eigenvalue weighted by molar-refractivity contribution is 4.72. The van der Waals surface area contributed by atoms with Crippen LogP contribution in [0.1, 0.15) is 13.8 Å². The molecule has 1 unspecified atom stereocenters. The molecule has 0 saturated carbocycles. The lowest BCUT2D eigenvalue weighted by atomic mass is 10.0. The van der Waals surface area contributed by atoms with Gasteiger partial charge in [-0.3, -0.25) is 0 Å². The van der Waals surface area contributed by atoms with Crippen molar-refractivity contribution in [3.05, 3.63) is 0 Å². The molecule has 9 heavy (non-hydrogen) atoms. The van der Waals surface area contributed by atoms with Gasteiger partial charge in [0.15, 0.2) is 0 Å². The summed E-state index contributed by atoms with van der Waals surface area (Å²) in [5.41, 5.74) is 5.24. The van der Waals surface area contributed by atoms with E-state index in [0.29, 0.717) is 5.92 Å². The van der Waals surface area contributed by atoms with Crippen molar-refractivity contribution in [1.29, 1.82) is 0 Å². The first-order valence-corrected chi connectivity index (χ1v) is 3.20. The largest absolute Gasteiger partial charge is 0.377 e. The third kappa shape index (κ3) is 2.79. The first-order valence-electron chi connectivity index (χ1n) is 3.20. The second kappa shape index (κ2) is 3.82. The van der Waals surface area contributed by atoms with Crippen LogP contribution in [-0.4, -0.2) is 24.4 Å². The third-order valence-corrected chi connectivity index (χ3v) is 1.42. The molecular formula is C6H16N2O. The van der Waals surface area contributed by atoms with Crippen LogP contribution in [0.15, 0.2) is 0 Å². The fraction of sp³-hybridized carbons (Fsp3) is 1.00. The minimum absolute atomic E-state index is 0.00463. The number of nitrogens with two attached hydrogens (primary N) is 1. The summed E-state index contributed by atoms with van der Waals surface area (Å²) >= 11 is 0. The Hall–Kier alpha value is -0.120. The third-order valence-electron chi connectivity index (χ3n) is 1.42. The number of aliphatic hydroxyl groups excluding tert-OH is 1. The number of likely N-dealkylation sites (N-methyl/N-ethyl adjacent to an activating group) is 1. The zero-order valence-corrected chi connectivity index (χ0v) is 6.26. The van der Waals surface area contributed by atoms with Crippen molar-refractivity contribution in [2.24, 2.45) is 11.7 Å². The molecule has 0 aliphatic rings. The molecule has 0 aliphatic heterocycles. The molecule has 4 N–H and O–H groups in total. The summed E-state index contributed by atoms with van der Waals surface area (Å²) in [7, 11) is 1.79. The van der Waals surface area contributed by atoms with Gasteiger partial charge in [0.1, 0.15) is 6.23 Å². The van der Waals surface area contributed by atoms with Crippen molar-refractivity contribution in [2.75, 3.05) is 7.05 Å². The predicted molar refractivity (Wildman–Crippen MR) is 37.9 cm³/mol. The van der Waals surface area contributed by atoms with Gasteiger partial charge in [-0.15, -0.1) is 0 Å². The van der Waals surface area contributed by atoms with Crippen LogP contribution in [-0.2, 0) is 0 Å². The zero-order valence-electron chi connectivity index (χ0n) is 6.26. The molecule has 0 saturated heterocycles. The fourth-order valence-electron chi connectivity index (χ4n) is 0.898. The molecule has 3 heteroatoms. The molecule has 3 nitrogen and oxygen atoms in total. The van der Waals surface area contributed by atoms with Crippen LogP contribution in [0, 0.1) is 5.92 Å². The van der Waals surface area contributed by atoms with Crippen molar-refractivity contribution in [3.8, 4) is 0 Å². The molecule has 0 bridgehead atoms. The van der Waals surface area contributed by atoms with E-state index in [2.05, 4.69) is 5.32 Å². The van der Waals surface area contributed by atoms with Crippen LogP contribution in [0.3, 0.4) is 0 Å². The van der Waals surface area contributed by atoms with Gasteiger partial charge in [0, 0.05) is 6.04 Å². The highest BCUT2D eigenvalue weighted by Crippen LogP contribution is 2.01.